The molecule has 2 heterocycles. The molecule has 0 aliphatic heterocycles. The van der Waals surface area contributed by atoms with Crippen molar-refractivity contribution < 1.29 is 9.90 Å². The second-order valence-electron chi connectivity index (χ2n) is 3.19. The summed E-state index contributed by atoms with van der Waals surface area (Å²) in [4.78, 5) is 15.0. The van der Waals surface area contributed by atoms with E-state index in [1.54, 1.807) is 18.3 Å². The molecule has 0 saturated carbocycles. The Morgan fingerprint density at radius 1 is 1.47 bits per heavy atom. The van der Waals surface area contributed by atoms with Crippen molar-refractivity contribution in [1.82, 2.24) is 9.55 Å². The Labute approximate surface area is 102 Å². The molecule has 0 aromatic carbocycles. The maximum absolute atomic E-state index is 11.0. The standard InChI is InChI=1S/C11H6ClN3O2/c12-9-4-3-8(11(16)17)10(14-9)15-5-1-2-7(15)6-13/h1-5H,(H,16,17). The first-order valence-electron chi connectivity index (χ1n) is 4.61. The van der Waals surface area contributed by atoms with Gasteiger partial charge in [0.1, 0.15) is 22.5 Å². The molecule has 0 aliphatic carbocycles. The molecule has 0 unspecified atom stereocenters. The molecular formula is C11H6ClN3O2. The molecule has 0 aliphatic rings. The maximum Gasteiger partial charge on any atom is 0.339 e. The molecule has 0 bridgehead atoms. The van der Waals surface area contributed by atoms with Crippen LogP contribution in [0, 0.1) is 11.3 Å². The highest BCUT2D eigenvalue weighted by molar-refractivity contribution is 6.29. The Morgan fingerprint density at radius 2 is 2.24 bits per heavy atom. The van der Waals surface area contributed by atoms with Crippen molar-refractivity contribution >= 4 is 17.6 Å². The van der Waals surface area contributed by atoms with Crippen LogP contribution >= 0.6 is 11.6 Å². The van der Waals surface area contributed by atoms with E-state index in [0.717, 1.165) is 0 Å². The van der Waals surface area contributed by atoms with Crippen LogP contribution in [0.3, 0.4) is 0 Å². The molecule has 0 fully saturated rings. The van der Waals surface area contributed by atoms with E-state index in [4.69, 9.17) is 22.0 Å². The smallest absolute Gasteiger partial charge is 0.339 e. The molecule has 17 heavy (non-hydrogen) atoms. The number of pyridine rings is 1. The summed E-state index contributed by atoms with van der Waals surface area (Å²) in [5.41, 5.74) is 0.282. The Hall–Kier alpha value is -2.32. The van der Waals surface area contributed by atoms with Gasteiger partial charge in [0.05, 0.1) is 0 Å². The van der Waals surface area contributed by atoms with Crippen LogP contribution < -0.4 is 0 Å². The largest absolute Gasteiger partial charge is 0.478 e. The van der Waals surface area contributed by atoms with Crippen LogP contribution in [0.1, 0.15) is 16.1 Å². The summed E-state index contributed by atoms with van der Waals surface area (Å²) < 4.78 is 1.38. The molecule has 0 atom stereocenters. The fourth-order valence-corrected chi connectivity index (χ4v) is 1.58. The Balaban J connectivity index is 2.70. The molecule has 1 N–H and O–H groups in total. The van der Waals surface area contributed by atoms with Gasteiger partial charge in [0.15, 0.2) is 5.82 Å². The van der Waals surface area contributed by atoms with Crippen molar-refractivity contribution in [2.45, 2.75) is 0 Å². The van der Waals surface area contributed by atoms with Gasteiger partial charge in [-0.05, 0) is 24.3 Å². The Bertz CT molecular complexity index is 628. The van der Waals surface area contributed by atoms with E-state index in [0.29, 0.717) is 5.69 Å². The Kier molecular flexibility index (Phi) is 2.81. The normalized spacial score (nSPS) is 9.88. The molecule has 84 valence electrons. The summed E-state index contributed by atoms with van der Waals surface area (Å²) >= 11 is 5.73. The average molecular weight is 248 g/mol. The van der Waals surface area contributed by atoms with Gasteiger partial charge in [-0.2, -0.15) is 5.26 Å². The van der Waals surface area contributed by atoms with Gasteiger partial charge in [-0.1, -0.05) is 11.6 Å². The van der Waals surface area contributed by atoms with Gasteiger partial charge in [-0.3, -0.25) is 4.57 Å². The van der Waals surface area contributed by atoms with Gasteiger partial charge in [-0.25, -0.2) is 9.78 Å². The molecule has 2 aromatic heterocycles. The minimum Gasteiger partial charge on any atom is -0.478 e. The van der Waals surface area contributed by atoms with Crippen LogP contribution in [0.25, 0.3) is 5.82 Å². The number of hydrogen-bond acceptors (Lipinski definition) is 3. The second kappa shape index (κ2) is 4.28. The lowest BCUT2D eigenvalue weighted by Crippen LogP contribution is -2.08. The van der Waals surface area contributed by atoms with Crippen LogP contribution in [0.5, 0.6) is 0 Å². The molecule has 2 rings (SSSR count). The van der Waals surface area contributed by atoms with Crippen molar-refractivity contribution in [2.24, 2.45) is 0 Å². The SMILES string of the molecule is N#Cc1cccn1-c1nc(Cl)ccc1C(=O)O. The number of nitrogens with zero attached hydrogens (tertiary/aromatic N) is 3. The van der Waals surface area contributed by atoms with Crippen LogP contribution in [0.2, 0.25) is 5.15 Å². The fourth-order valence-electron chi connectivity index (χ4n) is 1.43. The monoisotopic (exact) mass is 247 g/mol. The number of carboxylic acid groups (broad SMARTS) is 1. The van der Waals surface area contributed by atoms with E-state index < -0.39 is 5.97 Å². The predicted molar refractivity (Wildman–Crippen MR) is 60.2 cm³/mol. The fraction of sp³-hybridized carbons (Fsp3) is 0. The van der Waals surface area contributed by atoms with Crippen molar-refractivity contribution in [3.05, 3.63) is 46.9 Å². The molecule has 0 spiro atoms. The third-order valence-electron chi connectivity index (χ3n) is 2.16. The number of hydrogen-bond donors (Lipinski definition) is 1. The second-order valence-corrected chi connectivity index (χ2v) is 3.57. The zero-order valence-electron chi connectivity index (χ0n) is 8.46. The van der Waals surface area contributed by atoms with Crippen molar-refractivity contribution in [3.63, 3.8) is 0 Å². The van der Waals surface area contributed by atoms with E-state index in [-0.39, 0.29) is 16.5 Å². The molecule has 0 radical (unpaired) electrons. The van der Waals surface area contributed by atoms with Crippen LogP contribution in [-0.2, 0) is 0 Å². The lowest BCUT2D eigenvalue weighted by Gasteiger charge is -2.07. The van der Waals surface area contributed by atoms with E-state index in [1.807, 2.05) is 6.07 Å². The molecular weight excluding hydrogens is 242 g/mol. The van der Waals surface area contributed by atoms with Gasteiger partial charge in [0, 0.05) is 6.20 Å². The van der Waals surface area contributed by atoms with E-state index >= 15 is 0 Å². The number of carbonyl (C=O) groups is 1. The first-order chi connectivity index (χ1) is 8.13. The molecule has 0 amide bonds. The third kappa shape index (κ3) is 1.98. The summed E-state index contributed by atoms with van der Waals surface area (Å²) in [6, 6.07) is 7.89. The lowest BCUT2D eigenvalue weighted by molar-refractivity contribution is 0.0696. The Morgan fingerprint density at radius 3 is 2.88 bits per heavy atom. The summed E-state index contributed by atoms with van der Waals surface area (Å²) in [5.74, 6) is -0.992. The molecule has 5 nitrogen and oxygen atoms in total. The minimum atomic E-state index is -1.12. The van der Waals surface area contributed by atoms with Gasteiger partial charge in [-0.15, -0.1) is 0 Å². The van der Waals surface area contributed by atoms with Crippen LogP contribution in [0.15, 0.2) is 30.5 Å². The number of carboxylic acids is 1. The minimum absolute atomic E-state index is 0.0119. The van der Waals surface area contributed by atoms with Gasteiger partial charge < -0.3 is 5.11 Å². The van der Waals surface area contributed by atoms with E-state index in [1.165, 1.54) is 16.7 Å². The number of nitriles is 1. The number of aromatic nitrogens is 2. The van der Waals surface area contributed by atoms with Crippen molar-refractivity contribution in [2.75, 3.05) is 0 Å². The zero-order chi connectivity index (χ0) is 12.4. The average Bonchev–Trinajstić information content (AvgIpc) is 2.76. The van der Waals surface area contributed by atoms with Gasteiger partial charge >= 0.3 is 5.97 Å². The van der Waals surface area contributed by atoms with E-state index in [9.17, 15) is 4.79 Å². The highest BCUT2D eigenvalue weighted by Crippen LogP contribution is 2.18. The van der Waals surface area contributed by atoms with Crippen molar-refractivity contribution in [1.29, 1.82) is 5.26 Å². The summed E-state index contributed by atoms with van der Waals surface area (Å²) in [7, 11) is 0. The molecule has 0 saturated heterocycles. The predicted octanol–water partition coefficient (Wildman–Crippen LogP) is 2.10. The third-order valence-corrected chi connectivity index (χ3v) is 2.37. The summed E-state index contributed by atoms with van der Waals surface area (Å²) in [6.07, 6.45) is 1.56. The maximum atomic E-state index is 11.0. The van der Waals surface area contributed by atoms with Crippen LogP contribution in [-0.4, -0.2) is 20.6 Å². The summed E-state index contributed by atoms with van der Waals surface area (Å²) in [6.45, 7) is 0. The van der Waals surface area contributed by atoms with Crippen LogP contribution in [0.4, 0.5) is 0 Å². The first kappa shape index (κ1) is 11.2. The number of rotatable bonds is 2. The molecule has 6 heteroatoms. The van der Waals surface area contributed by atoms with Gasteiger partial charge in [0.2, 0.25) is 0 Å². The summed E-state index contributed by atoms with van der Waals surface area (Å²) in [5, 5.41) is 18.1. The van der Waals surface area contributed by atoms with E-state index in [2.05, 4.69) is 4.98 Å². The number of aromatic carboxylic acids is 1. The highest BCUT2D eigenvalue weighted by Gasteiger charge is 2.15. The van der Waals surface area contributed by atoms with Crippen molar-refractivity contribution in [3.8, 4) is 11.9 Å². The first-order valence-corrected chi connectivity index (χ1v) is 4.99. The highest BCUT2D eigenvalue weighted by atomic mass is 35.5. The van der Waals surface area contributed by atoms with Gasteiger partial charge in [0.25, 0.3) is 0 Å². The lowest BCUT2D eigenvalue weighted by atomic mass is 10.2. The topological polar surface area (TPSA) is 78.9 Å². The zero-order valence-corrected chi connectivity index (χ0v) is 9.22. The molecule has 2 aromatic rings. The number of halogens is 1. The quantitative estimate of drug-likeness (QED) is 0.824.